The average molecular weight is 417 g/mol. The van der Waals surface area contributed by atoms with E-state index in [4.69, 9.17) is 11.6 Å². The van der Waals surface area contributed by atoms with Crippen molar-refractivity contribution < 1.29 is 18.3 Å². The van der Waals surface area contributed by atoms with E-state index in [9.17, 15) is 18.3 Å². The van der Waals surface area contributed by atoms with Crippen LogP contribution in [0.15, 0.2) is 77.7 Å². The van der Waals surface area contributed by atoms with Crippen molar-refractivity contribution in [2.45, 2.75) is 11.5 Å². The quantitative estimate of drug-likeness (QED) is 0.568. The Hall–Kier alpha value is -2.87. The summed E-state index contributed by atoms with van der Waals surface area (Å²) in [6.07, 6.45) is 0. The molecule has 1 amide bonds. The van der Waals surface area contributed by atoms with Crippen LogP contribution < -0.4 is 10.0 Å². The highest BCUT2D eigenvalue weighted by molar-refractivity contribution is 7.92. The van der Waals surface area contributed by atoms with Crippen molar-refractivity contribution in [3.63, 3.8) is 0 Å². The highest BCUT2D eigenvalue weighted by Crippen LogP contribution is 2.24. The Bertz CT molecular complexity index is 1120. The normalized spacial score (nSPS) is 11.1. The van der Waals surface area contributed by atoms with Gasteiger partial charge in [0.1, 0.15) is 0 Å². The molecular weight excluding hydrogens is 400 g/mol. The van der Waals surface area contributed by atoms with Crippen LogP contribution in [-0.2, 0) is 16.6 Å². The number of carbonyl (C=O) groups excluding carboxylic acids is 1. The van der Waals surface area contributed by atoms with Gasteiger partial charge < -0.3 is 10.4 Å². The Balaban J connectivity index is 1.83. The third-order valence-corrected chi connectivity index (χ3v) is 5.58. The van der Waals surface area contributed by atoms with Crippen molar-refractivity contribution in [3.8, 4) is 0 Å². The van der Waals surface area contributed by atoms with Crippen LogP contribution in [0, 0.1) is 0 Å². The van der Waals surface area contributed by atoms with Gasteiger partial charge in [-0.2, -0.15) is 0 Å². The van der Waals surface area contributed by atoms with Crippen LogP contribution >= 0.6 is 11.6 Å². The summed E-state index contributed by atoms with van der Waals surface area (Å²) in [5, 5.41) is 12.1. The molecule has 0 unspecified atom stereocenters. The van der Waals surface area contributed by atoms with E-state index in [0.717, 1.165) is 0 Å². The molecule has 0 radical (unpaired) electrons. The van der Waals surface area contributed by atoms with Crippen LogP contribution in [0.5, 0.6) is 0 Å². The monoisotopic (exact) mass is 416 g/mol. The molecule has 3 rings (SSSR count). The topological polar surface area (TPSA) is 95.5 Å². The van der Waals surface area contributed by atoms with E-state index in [2.05, 4.69) is 10.0 Å². The molecule has 0 heterocycles. The molecule has 0 aliphatic carbocycles. The molecule has 3 aromatic rings. The second kappa shape index (κ2) is 8.43. The van der Waals surface area contributed by atoms with Gasteiger partial charge in [-0.15, -0.1) is 0 Å². The smallest absolute Gasteiger partial charge is 0.261 e. The van der Waals surface area contributed by atoms with Crippen LogP contribution in [-0.4, -0.2) is 19.4 Å². The third kappa shape index (κ3) is 4.69. The number of para-hydroxylation sites is 1. The summed E-state index contributed by atoms with van der Waals surface area (Å²) in [4.78, 5) is 12.4. The Morgan fingerprint density at radius 1 is 0.964 bits per heavy atom. The number of halogens is 1. The number of nitrogens with one attached hydrogen (secondary N) is 2. The zero-order chi connectivity index (χ0) is 20.1. The van der Waals surface area contributed by atoms with Crippen molar-refractivity contribution in [2.24, 2.45) is 0 Å². The molecule has 3 aromatic carbocycles. The first-order valence-corrected chi connectivity index (χ1v) is 10.1. The molecule has 0 fully saturated rings. The maximum Gasteiger partial charge on any atom is 0.261 e. The second-order valence-electron chi connectivity index (χ2n) is 5.93. The van der Waals surface area contributed by atoms with Gasteiger partial charge in [-0.3, -0.25) is 9.52 Å². The number of anilines is 2. The van der Waals surface area contributed by atoms with Gasteiger partial charge in [0, 0.05) is 11.3 Å². The predicted octanol–water partition coefficient (Wildman–Crippen LogP) is 3.89. The minimum absolute atomic E-state index is 0.0656. The SMILES string of the molecule is O=C(Nc1cccc(CO)c1)c1cccc(S(=O)(=O)Nc2ccccc2Cl)c1. The van der Waals surface area contributed by atoms with E-state index in [0.29, 0.717) is 11.3 Å². The number of aliphatic hydroxyl groups excluding tert-OH is 1. The summed E-state index contributed by atoms with van der Waals surface area (Å²) in [5.41, 5.74) is 1.58. The van der Waals surface area contributed by atoms with E-state index >= 15 is 0 Å². The van der Waals surface area contributed by atoms with Gasteiger partial charge in [0.05, 0.1) is 22.2 Å². The van der Waals surface area contributed by atoms with E-state index in [1.54, 1.807) is 48.5 Å². The zero-order valence-corrected chi connectivity index (χ0v) is 16.2. The Morgan fingerprint density at radius 3 is 2.46 bits per heavy atom. The number of benzene rings is 3. The van der Waals surface area contributed by atoms with Gasteiger partial charge in [0.15, 0.2) is 0 Å². The van der Waals surface area contributed by atoms with Crippen LogP contribution in [0.25, 0.3) is 0 Å². The lowest BCUT2D eigenvalue weighted by atomic mass is 10.2. The molecule has 0 saturated carbocycles. The summed E-state index contributed by atoms with van der Waals surface area (Å²) in [5.74, 6) is -0.468. The molecular formula is C20H17ClN2O4S. The molecule has 3 N–H and O–H groups in total. The molecule has 28 heavy (non-hydrogen) atoms. The average Bonchev–Trinajstić information content (AvgIpc) is 2.70. The molecule has 0 atom stereocenters. The van der Waals surface area contributed by atoms with Gasteiger partial charge >= 0.3 is 0 Å². The highest BCUT2D eigenvalue weighted by atomic mass is 35.5. The van der Waals surface area contributed by atoms with Gasteiger partial charge in [-0.1, -0.05) is 41.9 Å². The number of hydrogen-bond acceptors (Lipinski definition) is 4. The van der Waals surface area contributed by atoms with Gasteiger partial charge in [0.25, 0.3) is 15.9 Å². The first-order valence-electron chi connectivity index (χ1n) is 8.27. The Kier molecular flexibility index (Phi) is 5.99. The minimum atomic E-state index is -3.92. The minimum Gasteiger partial charge on any atom is -0.392 e. The van der Waals surface area contributed by atoms with Gasteiger partial charge in [-0.25, -0.2) is 8.42 Å². The first-order chi connectivity index (χ1) is 13.4. The molecule has 0 aliphatic rings. The largest absolute Gasteiger partial charge is 0.392 e. The van der Waals surface area contributed by atoms with Gasteiger partial charge in [0.2, 0.25) is 0 Å². The lowest BCUT2D eigenvalue weighted by molar-refractivity contribution is 0.102. The standard InChI is InChI=1S/C20H17ClN2O4S/c21-18-9-1-2-10-19(18)23-28(26,27)17-8-4-6-15(12-17)20(25)22-16-7-3-5-14(11-16)13-24/h1-12,23-24H,13H2,(H,22,25). The van der Waals surface area contributed by atoms with Crippen molar-refractivity contribution in [1.29, 1.82) is 0 Å². The molecule has 6 nitrogen and oxygen atoms in total. The lowest BCUT2D eigenvalue weighted by Crippen LogP contribution is -2.16. The fraction of sp³-hybridized carbons (Fsp3) is 0.0500. The molecule has 0 bridgehead atoms. The summed E-state index contributed by atoms with van der Waals surface area (Å²) >= 11 is 6.01. The lowest BCUT2D eigenvalue weighted by Gasteiger charge is -2.11. The molecule has 0 saturated heterocycles. The van der Waals surface area contributed by atoms with E-state index in [1.165, 1.54) is 24.3 Å². The number of amides is 1. The Morgan fingerprint density at radius 2 is 1.71 bits per heavy atom. The summed E-state index contributed by atoms with van der Waals surface area (Å²) in [6, 6.07) is 18.9. The van der Waals surface area contributed by atoms with Crippen molar-refractivity contribution in [2.75, 3.05) is 10.0 Å². The fourth-order valence-corrected chi connectivity index (χ4v) is 3.87. The number of rotatable bonds is 6. The number of carbonyl (C=O) groups is 1. The van der Waals surface area contributed by atoms with E-state index in [-0.39, 0.29) is 27.8 Å². The fourth-order valence-electron chi connectivity index (χ4n) is 2.50. The number of sulfonamides is 1. The second-order valence-corrected chi connectivity index (χ2v) is 8.02. The Labute approximate surface area is 167 Å². The highest BCUT2D eigenvalue weighted by Gasteiger charge is 2.18. The first kappa shape index (κ1) is 19.9. The molecule has 0 aliphatic heterocycles. The molecule has 8 heteroatoms. The summed E-state index contributed by atoms with van der Waals surface area (Å²) in [6.45, 7) is -0.148. The predicted molar refractivity (Wildman–Crippen MR) is 109 cm³/mol. The maximum atomic E-state index is 12.6. The number of hydrogen-bond donors (Lipinski definition) is 3. The van der Waals surface area contributed by atoms with Gasteiger partial charge in [-0.05, 0) is 48.0 Å². The third-order valence-electron chi connectivity index (χ3n) is 3.89. The van der Waals surface area contributed by atoms with Crippen LogP contribution in [0.2, 0.25) is 5.02 Å². The van der Waals surface area contributed by atoms with E-state index < -0.39 is 15.9 Å². The van der Waals surface area contributed by atoms with Crippen LogP contribution in [0.3, 0.4) is 0 Å². The summed E-state index contributed by atoms with van der Waals surface area (Å²) < 4.78 is 27.7. The van der Waals surface area contributed by atoms with Crippen LogP contribution in [0.1, 0.15) is 15.9 Å². The molecule has 0 spiro atoms. The van der Waals surface area contributed by atoms with E-state index in [1.807, 2.05) is 0 Å². The number of aliphatic hydroxyl groups is 1. The van der Waals surface area contributed by atoms with Crippen molar-refractivity contribution in [1.82, 2.24) is 0 Å². The van der Waals surface area contributed by atoms with Crippen molar-refractivity contribution >= 4 is 38.9 Å². The maximum absolute atomic E-state index is 12.6. The zero-order valence-electron chi connectivity index (χ0n) is 14.6. The summed E-state index contributed by atoms with van der Waals surface area (Å²) in [7, 11) is -3.92. The molecule has 144 valence electrons. The van der Waals surface area contributed by atoms with Crippen molar-refractivity contribution in [3.05, 3.63) is 88.9 Å². The van der Waals surface area contributed by atoms with Crippen LogP contribution in [0.4, 0.5) is 11.4 Å². The molecule has 0 aromatic heterocycles.